The second-order valence-corrected chi connectivity index (χ2v) is 5.63. The molecule has 0 spiro atoms. The highest BCUT2D eigenvalue weighted by Gasteiger charge is 2.42. The van der Waals surface area contributed by atoms with Gasteiger partial charge in [0.05, 0.1) is 11.6 Å². The molecule has 0 aromatic carbocycles. The molecule has 1 saturated heterocycles. The van der Waals surface area contributed by atoms with E-state index in [0.717, 1.165) is 26.1 Å². The third-order valence-electron chi connectivity index (χ3n) is 3.63. The Morgan fingerprint density at radius 3 is 2.78 bits per heavy atom. The first-order chi connectivity index (χ1) is 8.73. The molecule has 1 aromatic rings. The standard InChI is InChI=1S/C13H22N2O2S/c1-3-17-13(5-7-16-8-6-13)12(15-14)11-10(2)4-9-18-11/h4,9,12,15H,3,5-8,14H2,1-2H3. The lowest BCUT2D eigenvalue weighted by Crippen LogP contribution is -2.51. The lowest BCUT2D eigenvalue weighted by Gasteiger charge is -2.42. The summed E-state index contributed by atoms with van der Waals surface area (Å²) in [6, 6.07) is 2.17. The van der Waals surface area contributed by atoms with Crippen molar-refractivity contribution >= 4 is 11.3 Å². The summed E-state index contributed by atoms with van der Waals surface area (Å²) < 4.78 is 11.6. The number of rotatable bonds is 5. The molecule has 0 bridgehead atoms. The Hall–Kier alpha value is -0.460. The highest BCUT2D eigenvalue weighted by Crippen LogP contribution is 2.40. The van der Waals surface area contributed by atoms with E-state index in [-0.39, 0.29) is 11.6 Å². The topological polar surface area (TPSA) is 56.5 Å². The van der Waals surface area contributed by atoms with Gasteiger partial charge < -0.3 is 9.47 Å². The minimum absolute atomic E-state index is 0.0429. The van der Waals surface area contributed by atoms with E-state index in [9.17, 15) is 0 Å². The first kappa shape index (κ1) is 14.0. The molecule has 4 nitrogen and oxygen atoms in total. The molecule has 3 N–H and O–H groups in total. The second kappa shape index (κ2) is 6.12. The summed E-state index contributed by atoms with van der Waals surface area (Å²) in [6.07, 6.45) is 1.76. The fraction of sp³-hybridized carbons (Fsp3) is 0.692. The minimum atomic E-state index is -0.239. The van der Waals surface area contributed by atoms with E-state index >= 15 is 0 Å². The van der Waals surface area contributed by atoms with Crippen molar-refractivity contribution in [2.24, 2.45) is 5.84 Å². The van der Waals surface area contributed by atoms with Gasteiger partial charge in [-0.3, -0.25) is 5.84 Å². The van der Waals surface area contributed by atoms with Crippen LogP contribution in [0.3, 0.4) is 0 Å². The molecule has 1 fully saturated rings. The summed E-state index contributed by atoms with van der Waals surface area (Å²) in [5, 5.41) is 2.11. The van der Waals surface area contributed by atoms with Crippen molar-refractivity contribution in [1.29, 1.82) is 0 Å². The fourth-order valence-corrected chi connectivity index (χ4v) is 3.76. The van der Waals surface area contributed by atoms with Gasteiger partial charge in [-0.15, -0.1) is 11.3 Å². The molecule has 102 valence electrons. The fourth-order valence-electron chi connectivity index (χ4n) is 2.67. The van der Waals surface area contributed by atoms with Gasteiger partial charge in [0.2, 0.25) is 0 Å². The molecule has 0 saturated carbocycles. The highest BCUT2D eigenvalue weighted by molar-refractivity contribution is 7.10. The maximum atomic E-state index is 6.09. The molecule has 2 heterocycles. The van der Waals surface area contributed by atoms with E-state index in [1.807, 2.05) is 6.92 Å². The van der Waals surface area contributed by atoms with Crippen molar-refractivity contribution in [3.05, 3.63) is 21.9 Å². The second-order valence-electron chi connectivity index (χ2n) is 4.68. The Morgan fingerprint density at radius 2 is 2.28 bits per heavy atom. The van der Waals surface area contributed by atoms with Crippen LogP contribution in [0.4, 0.5) is 0 Å². The van der Waals surface area contributed by atoms with Crippen LogP contribution in [0.5, 0.6) is 0 Å². The van der Waals surface area contributed by atoms with Crippen LogP contribution in [0.25, 0.3) is 0 Å². The molecule has 1 aliphatic rings. The van der Waals surface area contributed by atoms with Crippen molar-refractivity contribution in [3.63, 3.8) is 0 Å². The molecule has 1 aromatic heterocycles. The lowest BCUT2D eigenvalue weighted by molar-refractivity contribution is -0.127. The molecular formula is C13H22N2O2S. The Balaban J connectivity index is 2.29. The van der Waals surface area contributed by atoms with Crippen LogP contribution in [0.2, 0.25) is 0 Å². The Labute approximate surface area is 112 Å². The molecule has 0 amide bonds. The van der Waals surface area contributed by atoms with Crippen molar-refractivity contribution in [1.82, 2.24) is 5.43 Å². The van der Waals surface area contributed by atoms with Crippen LogP contribution in [0, 0.1) is 6.92 Å². The molecule has 18 heavy (non-hydrogen) atoms. The highest BCUT2D eigenvalue weighted by atomic mass is 32.1. The molecule has 0 aliphatic carbocycles. The third-order valence-corrected chi connectivity index (χ3v) is 4.71. The number of nitrogens with two attached hydrogens (primary N) is 1. The summed E-state index contributed by atoms with van der Waals surface area (Å²) in [5.74, 6) is 5.82. The molecule has 0 radical (unpaired) electrons. The molecule has 5 heteroatoms. The molecule has 1 atom stereocenters. The van der Waals surface area contributed by atoms with E-state index in [2.05, 4.69) is 23.8 Å². The average Bonchev–Trinajstić information content (AvgIpc) is 2.78. The van der Waals surface area contributed by atoms with Crippen LogP contribution in [-0.2, 0) is 9.47 Å². The number of ether oxygens (including phenoxy) is 2. The maximum absolute atomic E-state index is 6.09. The average molecular weight is 270 g/mol. The number of hydrogen-bond acceptors (Lipinski definition) is 5. The number of hydrogen-bond donors (Lipinski definition) is 2. The van der Waals surface area contributed by atoms with Gasteiger partial charge in [0.25, 0.3) is 0 Å². The van der Waals surface area contributed by atoms with Gasteiger partial charge in [0.1, 0.15) is 0 Å². The van der Waals surface area contributed by atoms with E-state index in [1.165, 1.54) is 10.4 Å². The first-order valence-electron chi connectivity index (χ1n) is 6.45. The van der Waals surface area contributed by atoms with Crippen molar-refractivity contribution in [2.75, 3.05) is 19.8 Å². The van der Waals surface area contributed by atoms with Gasteiger partial charge in [-0.05, 0) is 30.9 Å². The monoisotopic (exact) mass is 270 g/mol. The first-order valence-corrected chi connectivity index (χ1v) is 7.33. The van der Waals surface area contributed by atoms with Gasteiger partial charge in [-0.2, -0.15) is 0 Å². The van der Waals surface area contributed by atoms with Gasteiger partial charge in [-0.1, -0.05) is 0 Å². The van der Waals surface area contributed by atoms with Gasteiger partial charge in [-0.25, -0.2) is 5.43 Å². The molecule has 1 unspecified atom stereocenters. The smallest absolute Gasteiger partial charge is 0.0940 e. The van der Waals surface area contributed by atoms with E-state index in [4.69, 9.17) is 15.3 Å². The Kier molecular flexibility index (Phi) is 4.75. The summed E-state index contributed by atoms with van der Waals surface area (Å²) >= 11 is 1.74. The normalized spacial score (nSPS) is 20.8. The van der Waals surface area contributed by atoms with Crippen LogP contribution < -0.4 is 11.3 Å². The van der Waals surface area contributed by atoms with Crippen molar-refractivity contribution in [2.45, 2.75) is 38.3 Å². The lowest BCUT2D eigenvalue weighted by atomic mass is 9.84. The largest absolute Gasteiger partial charge is 0.381 e. The quantitative estimate of drug-likeness (QED) is 0.636. The summed E-state index contributed by atoms with van der Waals surface area (Å²) in [4.78, 5) is 1.27. The Bertz CT molecular complexity index is 369. The molecule has 1 aliphatic heterocycles. The van der Waals surface area contributed by atoms with Gasteiger partial charge in [0, 0.05) is 37.5 Å². The van der Waals surface area contributed by atoms with E-state index in [1.54, 1.807) is 11.3 Å². The van der Waals surface area contributed by atoms with Crippen LogP contribution in [0.1, 0.15) is 36.2 Å². The van der Waals surface area contributed by atoms with Gasteiger partial charge >= 0.3 is 0 Å². The third kappa shape index (κ3) is 2.60. The maximum Gasteiger partial charge on any atom is 0.0940 e. The minimum Gasteiger partial charge on any atom is -0.381 e. The number of thiophene rings is 1. The zero-order valence-electron chi connectivity index (χ0n) is 11.1. The molecular weight excluding hydrogens is 248 g/mol. The SMILES string of the molecule is CCOC1(C(NN)c2sccc2C)CCOCC1. The summed E-state index contributed by atoms with van der Waals surface area (Å²) in [7, 11) is 0. The number of nitrogens with one attached hydrogen (secondary N) is 1. The van der Waals surface area contributed by atoms with E-state index < -0.39 is 0 Å². The summed E-state index contributed by atoms with van der Waals surface area (Å²) in [6.45, 7) is 6.33. The predicted molar refractivity (Wildman–Crippen MR) is 73.5 cm³/mol. The molecule has 2 rings (SSSR count). The Morgan fingerprint density at radius 1 is 1.56 bits per heavy atom. The van der Waals surface area contributed by atoms with Crippen LogP contribution >= 0.6 is 11.3 Å². The number of aryl methyl sites for hydroxylation is 1. The zero-order chi connectivity index (χ0) is 13.0. The van der Waals surface area contributed by atoms with Gasteiger partial charge in [0.15, 0.2) is 0 Å². The number of hydrazine groups is 1. The van der Waals surface area contributed by atoms with Crippen LogP contribution in [-0.4, -0.2) is 25.4 Å². The van der Waals surface area contributed by atoms with E-state index in [0.29, 0.717) is 6.61 Å². The summed E-state index contributed by atoms with van der Waals surface area (Å²) in [5.41, 5.74) is 4.00. The zero-order valence-corrected chi connectivity index (χ0v) is 11.9. The van der Waals surface area contributed by atoms with Crippen molar-refractivity contribution in [3.8, 4) is 0 Å². The predicted octanol–water partition coefficient (Wildman–Crippen LogP) is 2.15. The van der Waals surface area contributed by atoms with Crippen LogP contribution in [0.15, 0.2) is 11.4 Å². The van der Waals surface area contributed by atoms with Crippen molar-refractivity contribution < 1.29 is 9.47 Å².